The van der Waals surface area contributed by atoms with E-state index in [1.54, 1.807) is 0 Å². The van der Waals surface area contributed by atoms with Crippen LogP contribution in [0.5, 0.6) is 0 Å². The van der Waals surface area contributed by atoms with Gasteiger partial charge in [-0.05, 0) is 31.2 Å². The van der Waals surface area contributed by atoms with Gasteiger partial charge in [-0.2, -0.15) is 18.3 Å². The molecule has 2 rings (SSSR count). The Labute approximate surface area is 156 Å². The van der Waals surface area contributed by atoms with Crippen LogP contribution in [0.15, 0.2) is 4.79 Å². The number of H-pyrrole nitrogens is 1. The van der Waals surface area contributed by atoms with Crippen LogP contribution in [-0.4, -0.2) is 40.6 Å². The number of nitrogens with one attached hydrogen (secondary N) is 2. The zero-order valence-corrected chi connectivity index (χ0v) is 15.8. The van der Waals surface area contributed by atoms with Crippen molar-refractivity contribution >= 4 is 5.91 Å². The summed E-state index contributed by atoms with van der Waals surface area (Å²) in [4.78, 5) is 25.8. The Balaban J connectivity index is 1.98. The number of hydrogen-bond donors (Lipinski definition) is 2. The molecule has 1 atom stereocenters. The van der Waals surface area contributed by atoms with Gasteiger partial charge in [-0.1, -0.05) is 20.3 Å². The minimum Gasteiger partial charge on any atom is -0.343 e. The van der Waals surface area contributed by atoms with Crippen molar-refractivity contribution in [2.24, 2.45) is 0 Å². The van der Waals surface area contributed by atoms with Gasteiger partial charge in [0.15, 0.2) is 0 Å². The summed E-state index contributed by atoms with van der Waals surface area (Å²) in [5.41, 5.74) is -2.17. The molecule has 2 N–H and O–H groups in total. The zero-order valence-electron chi connectivity index (χ0n) is 15.8. The number of carbonyl (C=O) groups excluding carboxylic acids is 1. The van der Waals surface area contributed by atoms with Crippen LogP contribution >= 0.6 is 0 Å². The normalized spacial score (nSPS) is 16.4. The number of rotatable bonds is 9. The van der Waals surface area contributed by atoms with E-state index in [9.17, 15) is 22.8 Å². The van der Waals surface area contributed by atoms with Crippen LogP contribution in [0.25, 0.3) is 0 Å². The van der Waals surface area contributed by atoms with Crippen molar-refractivity contribution in [2.75, 3.05) is 19.6 Å². The third-order valence-corrected chi connectivity index (χ3v) is 4.77. The van der Waals surface area contributed by atoms with Gasteiger partial charge >= 0.3 is 6.18 Å². The van der Waals surface area contributed by atoms with E-state index < -0.39 is 17.3 Å². The highest BCUT2D eigenvalue weighted by molar-refractivity contribution is 5.76. The summed E-state index contributed by atoms with van der Waals surface area (Å²) in [5.74, 6) is 0.0430. The highest BCUT2D eigenvalue weighted by Gasteiger charge is 2.41. The van der Waals surface area contributed by atoms with Crippen molar-refractivity contribution in [3.8, 4) is 0 Å². The van der Waals surface area contributed by atoms with E-state index in [1.807, 2.05) is 16.9 Å². The molecule has 1 heterocycles. The molecule has 0 radical (unpaired) electrons. The van der Waals surface area contributed by atoms with Crippen LogP contribution in [-0.2, 0) is 17.4 Å². The maximum Gasteiger partial charge on any atom is 0.422 e. The number of fused-ring (bicyclic) bond motifs is 1. The van der Waals surface area contributed by atoms with Gasteiger partial charge in [0.1, 0.15) is 5.56 Å². The van der Waals surface area contributed by atoms with Gasteiger partial charge < -0.3 is 10.2 Å². The van der Waals surface area contributed by atoms with Crippen molar-refractivity contribution < 1.29 is 18.0 Å². The van der Waals surface area contributed by atoms with Gasteiger partial charge in [0, 0.05) is 26.1 Å². The van der Waals surface area contributed by atoms with E-state index in [2.05, 4.69) is 17.3 Å². The summed E-state index contributed by atoms with van der Waals surface area (Å²) in [6.07, 6.45) is -1.01. The molecule has 0 saturated carbocycles. The molecule has 1 aliphatic rings. The molecular weight excluding hydrogens is 361 g/mol. The Hall–Kier alpha value is -1.90. The van der Waals surface area contributed by atoms with E-state index in [-0.39, 0.29) is 36.0 Å². The first-order valence-corrected chi connectivity index (χ1v) is 9.49. The quantitative estimate of drug-likeness (QED) is 0.682. The molecule has 1 aromatic heterocycles. The highest BCUT2D eigenvalue weighted by Crippen LogP contribution is 2.37. The Morgan fingerprint density at radius 2 is 2.04 bits per heavy atom. The smallest absolute Gasteiger partial charge is 0.343 e. The molecule has 27 heavy (non-hydrogen) atoms. The molecule has 1 amide bonds. The van der Waals surface area contributed by atoms with Crippen LogP contribution in [0.1, 0.15) is 68.8 Å². The van der Waals surface area contributed by atoms with Crippen molar-refractivity contribution in [3.05, 3.63) is 27.2 Å². The van der Waals surface area contributed by atoms with Gasteiger partial charge in [-0.25, -0.2) is 5.10 Å². The Morgan fingerprint density at radius 1 is 1.30 bits per heavy atom. The Kier molecular flexibility index (Phi) is 7.41. The number of halogens is 3. The van der Waals surface area contributed by atoms with Crippen LogP contribution in [0, 0.1) is 0 Å². The molecule has 1 aromatic rings. The summed E-state index contributed by atoms with van der Waals surface area (Å²) in [5, 5.41) is 8.90. The average Bonchev–Trinajstić information content (AvgIpc) is 2.99. The van der Waals surface area contributed by atoms with Gasteiger partial charge in [0.2, 0.25) is 5.91 Å². The first kappa shape index (κ1) is 21.4. The van der Waals surface area contributed by atoms with Crippen LogP contribution < -0.4 is 10.9 Å². The molecule has 152 valence electrons. The lowest BCUT2D eigenvalue weighted by atomic mass is 10.1. The summed E-state index contributed by atoms with van der Waals surface area (Å²) in [6, 6.07) is -0.388. The molecule has 0 saturated heterocycles. The second kappa shape index (κ2) is 9.34. The molecule has 6 nitrogen and oxygen atoms in total. The topological polar surface area (TPSA) is 78.1 Å². The summed E-state index contributed by atoms with van der Waals surface area (Å²) in [6.45, 7) is 5.89. The summed E-state index contributed by atoms with van der Waals surface area (Å²) >= 11 is 0. The molecule has 1 aliphatic carbocycles. The lowest BCUT2D eigenvalue weighted by molar-refractivity contribution is -0.139. The second-order valence-corrected chi connectivity index (χ2v) is 6.82. The van der Waals surface area contributed by atoms with E-state index in [0.29, 0.717) is 19.5 Å². The van der Waals surface area contributed by atoms with E-state index in [4.69, 9.17) is 0 Å². The maximum atomic E-state index is 13.1. The predicted octanol–water partition coefficient (Wildman–Crippen LogP) is 2.79. The number of unbranched alkanes of at least 4 members (excludes halogenated alkanes) is 1. The summed E-state index contributed by atoms with van der Waals surface area (Å²) in [7, 11) is 0. The standard InChI is InChI=1S/C18H27F3N4O2/c1-3-5-11-25(10-4-2)14(26)8-9-22-13-7-6-12-15(18(19,20)21)17(27)24-23-16(12)13/h13,22H,3-11H2,1-2H3,(H,24,27). The van der Waals surface area contributed by atoms with E-state index >= 15 is 0 Å². The maximum absolute atomic E-state index is 13.1. The molecule has 0 bridgehead atoms. The fourth-order valence-corrected chi connectivity index (χ4v) is 3.46. The van der Waals surface area contributed by atoms with Crippen molar-refractivity contribution in [1.82, 2.24) is 20.4 Å². The largest absolute Gasteiger partial charge is 0.422 e. The lowest BCUT2D eigenvalue weighted by Gasteiger charge is -2.22. The van der Waals surface area contributed by atoms with Gasteiger partial charge in [0.05, 0.1) is 11.7 Å². The van der Waals surface area contributed by atoms with Crippen LogP contribution in [0.2, 0.25) is 0 Å². The fourth-order valence-electron chi connectivity index (χ4n) is 3.46. The molecule has 1 unspecified atom stereocenters. The van der Waals surface area contributed by atoms with Crippen LogP contribution in [0.3, 0.4) is 0 Å². The monoisotopic (exact) mass is 388 g/mol. The molecule has 0 fully saturated rings. The highest BCUT2D eigenvalue weighted by atomic mass is 19.4. The predicted molar refractivity (Wildman–Crippen MR) is 95.3 cm³/mol. The second-order valence-electron chi connectivity index (χ2n) is 6.82. The fraction of sp³-hybridized carbons (Fsp3) is 0.722. The van der Waals surface area contributed by atoms with Crippen molar-refractivity contribution in [3.63, 3.8) is 0 Å². The number of hydrogen-bond acceptors (Lipinski definition) is 4. The minimum atomic E-state index is -4.70. The van der Waals surface area contributed by atoms with Gasteiger partial charge in [-0.15, -0.1) is 0 Å². The average molecular weight is 388 g/mol. The molecule has 0 aliphatic heterocycles. The number of aromatic amines is 1. The number of carbonyl (C=O) groups is 1. The van der Waals surface area contributed by atoms with E-state index in [1.165, 1.54) is 0 Å². The van der Waals surface area contributed by atoms with E-state index in [0.717, 1.165) is 25.8 Å². The van der Waals surface area contributed by atoms with Crippen molar-refractivity contribution in [1.29, 1.82) is 0 Å². The molecular formula is C18H27F3N4O2. The van der Waals surface area contributed by atoms with Crippen molar-refractivity contribution in [2.45, 2.75) is 64.6 Å². The Morgan fingerprint density at radius 3 is 2.67 bits per heavy atom. The SMILES string of the molecule is CCCCN(CCC)C(=O)CCNC1CCc2c1n[nH]c(=O)c2C(F)(F)F. The lowest BCUT2D eigenvalue weighted by Crippen LogP contribution is -2.35. The molecule has 0 aromatic carbocycles. The number of amides is 1. The summed E-state index contributed by atoms with van der Waals surface area (Å²) < 4.78 is 39.4. The van der Waals surface area contributed by atoms with Gasteiger partial charge in [0.25, 0.3) is 5.56 Å². The first-order valence-electron chi connectivity index (χ1n) is 9.49. The number of aromatic nitrogens is 2. The molecule has 9 heteroatoms. The molecule has 0 spiro atoms. The van der Waals surface area contributed by atoms with Gasteiger partial charge in [-0.3, -0.25) is 9.59 Å². The number of nitrogens with zero attached hydrogens (tertiary/aromatic N) is 2. The van der Waals surface area contributed by atoms with Crippen LogP contribution in [0.4, 0.5) is 13.2 Å². The third kappa shape index (κ3) is 5.31. The third-order valence-electron chi connectivity index (χ3n) is 4.77. The minimum absolute atomic E-state index is 0.0365. The zero-order chi connectivity index (χ0) is 20.0. The Bertz CT molecular complexity index is 703. The number of alkyl halides is 3. The first-order chi connectivity index (χ1) is 12.8.